The summed E-state index contributed by atoms with van der Waals surface area (Å²) in [6.45, 7) is -1.83. The molecule has 8 heteroatoms. The summed E-state index contributed by atoms with van der Waals surface area (Å²) in [6, 6.07) is 1.14. The van der Waals surface area contributed by atoms with Crippen LogP contribution >= 0.6 is 0 Å². The van der Waals surface area contributed by atoms with E-state index in [2.05, 4.69) is 0 Å². The van der Waals surface area contributed by atoms with E-state index in [1.807, 2.05) is 0 Å². The summed E-state index contributed by atoms with van der Waals surface area (Å²) >= 11 is 0. The molecule has 0 aliphatic heterocycles. The first-order valence-corrected chi connectivity index (χ1v) is 5.29. The quantitative estimate of drug-likeness (QED) is 0.630. The molecule has 0 aromatic heterocycles. The van der Waals surface area contributed by atoms with E-state index in [-0.39, 0.29) is 12.2 Å². The van der Waals surface area contributed by atoms with Gasteiger partial charge in [-0.15, -0.1) is 0 Å². The van der Waals surface area contributed by atoms with Crippen LogP contribution in [0.3, 0.4) is 0 Å². The zero-order chi connectivity index (χ0) is 14.6. The van der Waals surface area contributed by atoms with Crippen LogP contribution < -0.4 is 5.73 Å². The van der Waals surface area contributed by atoms with Crippen LogP contribution in [0.1, 0.15) is 10.4 Å². The van der Waals surface area contributed by atoms with Crippen LogP contribution in [0.4, 0.5) is 23.2 Å². The lowest BCUT2D eigenvalue weighted by Gasteiger charge is -2.22. The summed E-state index contributed by atoms with van der Waals surface area (Å²) in [6.07, 6.45) is -2.82. The molecule has 106 valence electrons. The molecule has 0 spiro atoms. The monoisotopic (exact) mass is 280 g/mol. The van der Waals surface area contributed by atoms with Gasteiger partial charge in [0.1, 0.15) is 0 Å². The zero-order valence-electron chi connectivity index (χ0n) is 9.75. The van der Waals surface area contributed by atoms with Gasteiger partial charge in [-0.2, -0.15) is 0 Å². The highest BCUT2D eigenvalue weighted by atomic mass is 19.3. The SMILES string of the molecule is Nc1cc(F)c(F)cc1C(=O)N(CCO)CC(F)F. The molecule has 0 heterocycles. The molecule has 1 aromatic rings. The fraction of sp³-hybridized carbons (Fsp3) is 0.364. The number of hydrogen-bond donors (Lipinski definition) is 2. The van der Waals surface area contributed by atoms with Gasteiger partial charge in [0.25, 0.3) is 12.3 Å². The van der Waals surface area contributed by atoms with E-state index in [0.717, 1.165) is 0 Å². The van der Waals surface area contributed by atoms with Crippen LogP contribution in [-0.2, 0) is 0 Å². The molecular weight excluding hydrogens is 268 g/mol. The minimum absolute atomic E-state index is 0.360. The number of anilines is 1. The van der Waals surface area contributed by atoms with Crippen LogP contribution in [0, 0.1) is 11.6 Å². The Morgan fingerprint density at radius 3 is 2.42 bits per heavy atom. The zero-order valence-corrected chi connectivity index (χ0v) is 9.75. The number of rotatable bonds is 5. The summed E-state index contributed by atoms with van der Waals surface area (Å²) in [5.41, 5.74) is 4.57. The normalized spacial score (nSPS) is 10.8. The van der Waals surface area contributed by atoms with E-state index in [0.29, 0.717) is 17.0 Å². The minimum Gasteiger partial charge on any atom is -0.398 e. The van der Waals surface area contributed by atoms with Crippen molar-refractivity contribution in [3.05, 3.63) is 29.3 Å². The van der Waals surface area contributed by atoms with Gasteiger partial charge in [-0.05, 0) is 6.07 Å². The second-order valence-corrected chi connectivity index (χ2v) is 3.72. The Morgan fingerprint density at radius 2 is 1.89 bits per heavy atom. The van der Waals surface area contributed by atoms with Crippen molar-refractivity contribution in [3.8, 4) is 0 Å². The Kier molecular flexibility index (Phi) is 5.11. The number of halogens is 4. The van der Waals surface area contributed by atoms with E-state index in [1.165, 1.54) is 0 Å². The van der Waals surface area contributed by atoms with Gasteiger partial charge in [0.2, 0.25) is 0 Å². The third-order valence-electron chi connectivity index (χ3n) is 2.34. The third kappa shape index (κ3) is 3.82. The molecule has 1 rings (SSSR count). The summed E-state index contributed by atoms with van der Waals surface area (Å²) < 4.78 is 50.4. The standard InChI is InChI=1S/C11H12F4N2O2/c12-7-3-6(9(16)4-8(7)13)11(19)17(1-2-18)5-10(14)15/h3-4,10,18H,1-2,5,16H2. The molecule has 1 amide bonds. The molecular formula is C11H12F4N2O2. The van der Waals surface area contributed by atoms with E-state index in [9.17, 15) is 22.4 Å². The van der Waals surface area contributed by atoms with E-state index < -0.39 is 42.7 Å². The van der Waals surface area contributed by atoms with Gasteiger partial charge < -0.3 is 15.7 Å². The van der Waals surface area contributed by atoms with Crippen molar-refractivity contribution < 1.29 is 27.5 Å². The van der Waals surface area contributed by atoms with E-state index in [4.69, 9.17) is 10.8 Å². The molecule has 19 heavy (non-hydrogen) atoms. The number of hydrogen-bond acceptors (Lipinski definition) is 3. The van der Waals surface area contributed by atoms with Crippen molar-refractivity contribution in [1.82, 2.24) is 4.90 Å². The maximum Gasteiger partial charge on any atom is 0.256 e. The molecule has 0 unspecified atom stereocenters. The van der Waals surface area contributed by atoms with Crippen molar-refractivity contribution in [2.24, 2.45) is 0 Å². The Labute approximate surface area is 106 Å². The lowest BCUT2D eigenvalue weighted by Crippen LogP contribution is -2.37. The molecule has 0 aliphatic rings. The Balaban J connectivity index is 3.05. The molecule has 0 bridgehead atoms. The van der Waals surface area contributed by atoms with Gasteiger partial charge in [0.15, 0.2) is 11.6 Å². The minimum atomic E-state index is -2.82. The number of alkyl halides is 2. The second kappa shape index (κ2) is 6.37. The Bertz CT molecular complexity index is 468. The number of nitrogens with two attached hydrogens (primary N) is 1. The molecule has 0 saturated carbocycles. The molecule has 4 nitrogen and oxygen atoms in total. The van der Waals surface area contributed by atoms with Crippen molar-refractivity contribution in [3.63, 3.8) is 0 Å². The third-order valence-corrected chi connectivity index (χ3v) is 2.34. The van der Waals surface area contributed by atoms with Gasteiger partial charge in [-0.1, -0.05) is 0 Å². The molecule has 3 N–H and O–H groups in total. The topological polar surface area (TPSA) is 66.6 Å². The van der Waals surface area contributed by atoms with Crippen molar-refractivity contribution in [2.45, 2.75) is 6.43 Å². The predicted octanol–water partition coefficient (Wildman–Crippen LogP) is 1.25. The van der Waals surface area contributed by atoms with Crippen LogP contribution in [0.15, 0.2) is 12.1 Å². The van der Waals surface area contributed by atoms with Gasteiger partial charge in [0, 0.05) is 18.3 Å². The van der Waals surface area contributed by atoms with E-state index >= 15 is 0 Å². The second-order valence-electron chi connectivity index (χ2n) is 3.72. The highest BCUT2D eigenvalue weighted by molar-refractivity contribution is 5.99. The first-order valence-electron chi connectivity index (χ1n) is 5.29. The van der Waals surface area contributed by atoms with Crippen LogP contribution in [0.2, 0.25) is 0 Å². The summed E-state index contributed by atoms with van der Waals surface area (Å²) in [7, 11) is 0. The number of nitrogen functional groups attached to an aromatic ring is 1. The largest absolute Gasteiger partial charge is 0.398 e. The molecule has 0 aliphatic carbocycles. The van der Waals surface area contributed by atoms with Gasteiger partial charge in [-0.3, -0.25) is 4.79 Å². The van der Waals surface area contributed by atoms with Gasteiger partial charge in [-0.25, -0.2) is 17.6 Å². The fourth-order valence-electron chi connectivity index (χ4n) is 1.48. The number of amides is 1. The van der Waals surface area contributed by atoms with Crippen molar-refractivity contribution >= 4 is 11.6 Å². The lowest BCUT2D eigenvalue weighted by molar-refractivity contribution is 0.0509. The number of carbonyl (C=O) groups is 1. The fourth-order valence-corrected chi connectivity index (χ4v) is 1.48. The number of benzene rings is 1. The number of aliphatic hydroxyl groups excluding tert-OH is 1. The summed E-state index contributed by atoms with van der Waals surface area (Å²) in [5.74, 6) is -3.54. The predicted molar refractivity (Wildman–Crippen MR) is 59.8 cm³/mol. The smallest absolute Gasteiger partial charge is 0.256 e. The average molecular weight is 280 g/mol. The highest BCUT2D eigenvalue weighted by Crippen LogP contribution is 2.19. The first kappa shape index (κ1) is 15.2. The van der Waals surface area contributed by atoms with Crippen LogP contribution in [0.25, 0.3) is 0 Å². The lowest BCUT2D eigenvalue weighted by atomic mass is 10.1. The number of aliphatic hydroxyl groups is 1. The Morgan fingerprint density at radius 1 is 1.32 bits per heavy atom. The summed E-state index contributed by atoms with van der Waals surface area (Å²) in [5, 5.41) is 8.71. The number of carbonyl (C=O) groups excluding carboxylic acids is 1. The van der Waals surface area contributed by atoms with Crippen molar-refractivity contribution in [1.29, 1.82) is 0 Å². The average Bonchev–Trinajstić information content (AvgIpc) is 2.32. The molecule has 0 saturated heterocycles. The van der Waals surface area contributed by atoms with Gasteiger partial charge >= 0.3 is 0 Å². The summed E-state index contributed by atoms with van der Waals surface area (Å²) in [4.78, 5) is 12.5. The molecule has 0 radical (unpaired) electrons. The maximum absolute atomic E-state index is 13.0. The molecule has 0 fully saturated rings. The number of nitrogens with zero attached hydrogens (tertiary/aromatic N) is 1. The maximum atomic E-state index is 13.0. The first-order chi connectivity index (χ1) is 8.86. The highest BCUT2D eigenvalue weighted by Gasteiger charge is 2.22. The van der Waals surface area contributed by atoms with E-state index in [1.54, 1.807) is 0 Å². The molecule has 0 atom stereocenters. The Hall–Kier alpha value is -1.83. The van der Waals surface area contributed by atoms with Crippen molar-refractivity contribution in [2.75, 3.05) is 25.4 Å². The van der Waals surface area contributed by atoms with Gasteiger partial charge in [0.05, 0.1) is 18.7 Å². The van der Waals surface area contributed by atoms with Crippen LogP contribution in [-0.4, -0.2) is 42.0 Å². The molecule has 1 aromatic carbocycles. The van der Waals surface area contributed by atoms with Crippen LogP contribution in [0.5, 0.6) is 0 Å².